The normalized spacial score (nSPS) is 11.1. The summed E-state index contributed by atoms with van der Waals surface area (Å²) in [6, 6.07) is 7.15. The van der Waals surface area contributed by atoms with Gasteiger partial charge in [0.05, 0.1) is 5.56 Å². The lowest BCUT2D eigenvalue weighted by Crippen LogP contribution is -2.41. The summed E-state index contributed by atoms with van der Waals surface area (Å²) >= 11 is 1.23. The first-order valence-corrected chi connectivity index (χ1v) is 8.36. The van der Waals surface area contributed by atoms with Gasteiger partial charge in [-0.25, -0.2) is 4.98 Å². The molecule has 0 bridgehead atoms. The molecule has 3 aromatic rings. The SMILES string of the molecule is O=C(NNC(=O)c1csc(-c2cccnc2)n1)c1ccc(C(F)(F)F)cc1. The van der Waals surface area contributed by atoms with E-state index < -0.39 is 23.6 Å². The highest BCUT2D eigenvalue weighted by Crippen LogP contribution is 2.29. The number of thiazole rings is 1. The van der Waals surface area contributed by atoms with Gasteiger partial charge in [0.1, 0.15) is 10.7 Å². The Morgan fingerprint density at radius 3 is 2.33 bits per heavy atom. The monoisotopic (exact) mass is 392 g/mol. The van der Waals surface area contributed by atoms with Gasteiger partial charge in [-0.15, -0.1) is 11.3 Å². The van der Waals surface area contributed by atoms with Crippen LogP contribution >= 0.6 is 11.3 Å². The highest BCUT2D eigenvalue weighted by Gasteiger charge is 2.30. The average Bonchev–Trinajstić information content (AvgIpc) is 3.16. The number of nitrogens with zero attached hydrogens (tertiary/aromatic N) is 2. The lowest BCUT2D eigenvalue weighted by atomic mass is 10.1. The molecule has 2 aromatic heterocycles. The van der Waals surface area contributed by atoms with Crippen molar-refractivity contribution in [1.29, 1.82) is 0 Å². The quantitative estimate of drug-likeness (QED) is 0.670. The summed E-state index contributed by atoms with van der Waals surface area (Å²) in [5, 5.41) is 2.10. The molecule has 0 saturated heterocycles. The van der Waals surface area contributed by atoms with E-state index in [0.717, 1.165) is 29.8 Å². The maximum absolute atomic E-state index is 12.5. The minimum atomic E-state index is -4.49. The van der Waals surface area contributed by atoms with Crippen LogP contribution in [0.2, 0.25) is 0 Å². The zero-order valence-corrected chi connectivity index (χ0v) is 14.3. The fourth-order valence-corrected chi connectivity index (χ4v) is 2.85. The lowest BCUT2D eigenvalue weighted by Gasteiger charge is -2.08. The van der Waals surface area contributed by atoms with Crippen LogP contribution in [0.4, 0.5) is 13.2 Å². The first kappa shape index (κ1) is 18.5. The van der Waals surface area contributed by atoms with Crippen LogP contribution in [-0.2, 0) is 6.18 Å². The fraction of sp³-hybridized carbons (Fsp3) is 0.0588. The van der Waals surface area contributed by atoms with Crippen LogP contribution < -0.4 is 10.9 Å². The molecule has 138 valence electrons. The van der Waals surface area contributed by atoms with Crippen molar-refractivity contribution in [2.24, 2.45) is 0 Å². The molecule has 0 atom stereocenters. The summed E-state index contributed by atoms with van der Waals surface area (Å²) in [5.41, 5.74) is 4.25. The number of halogens is 3. The number of benzene rings is 1. The van der Waals surface area contributed by atoms with Gasteiger partial charge in [0.2, 0.25) is 0 Å². The Balaban J connectivity index is 1.61. The lowest BCUT2D eigenvalue weighted by molar-refractivity contribution is -0.137. The number of carbonyl (C=O) groups is 2. The van der Waals surface area contributed by atoms with Crippen molar-refractivity contribution in [2.45, 2.75) is 6.18 Å². The van der Waals surface area contributed by atoms with E-state index in [1.807, 2.05) is 0 Å². The molecule has 0 radical (unpaired) electrons. The molecule has 10 heteroatoms. The van der Waals surface area contributed by atoms with Gasteiger partial charge in [-0.05, 0) is 36.4 Å². The van der Waals surface area contributed by atoms with Crippen molar-refractivity contribution in [3.63, 3.8) is 0 Å². The van der Waals surface area contributed by atoms with Crippen LogP contribution in [0.3, 0.4) is 0 Å². The maximum atomic E-state index is 12.5. The topological polar surface area (TPSA) is 84.0 Å². The van der Waals surface area contributed by atoms with Gasteiger partial charge in [0, 0.05) is 28.9 Å². The minimum absolute atomic E-state index is 0.0300. The molecule has 2 amide bonds. The third kappa shape index (κ3) is 4.47. The Hall–Kier alpha value is -3.27. The predicted molar refractivity (Wildman–Crippen MR) is 91.7 cm³/mol. The predicted octanol–water partition coefficient (Wildman–Crippen LogP) is 3.30. The minimum Gasteiger partial charge on any atom is -0.267 e. The van der Waals surface area contributed by atoms with Gasteiger partial charge in [0.15, 0.2) is 0 Å². The molecule has 2 heterocycles. The molecule has 0 aliphatic carbocycles. The van der Waals surface area contributed by atoms with Gasteiger partial charge in [0.25, 0.3) is 11.8 Å². The number of hydrazine groups is 1. The number of aromatic nitrogens is 2. The van der Waals surface area contributed by atoms with E-state index in [9.17, 15) is 22.8 Å². The second kappa shape index (κ2) is 7.54. The zero-order chi connectivity index (χ0) is 19.4. The number of amides is 2. The van der Waals surface area contributed by atoms with Crippen molar-refractivity contribution in [1.82, 2.24) is 20.8 Å². The average molecular weight is 392 g/mol. The standard InChI is InChI=1S/C17H11F3N4O2S/c18-17(19,20)12-5-3-10(4-6-12)14(25)23-24-15(26)13-9-27-16(22-13)11-2-1-7-21-8-11/h1-9H,(H,23,25)(H,24,26). The van der Waals surface area contributed by atoms with Crippen LogP contribution in [0, 0.1) is 0 Å². The molecule has 2 N–H and O–H groups in total. The van der Waals surface area contributed by atoms with Crippen molar-refractivity contribution < 1.29 is 22.8 Å². The number of alkyl halides is 3. The first-order valence-electron chi connectivity index (χ1n) is 7.48. The van der Waals surface area contributed by atoms with Crippen LogP contribution in [-0.4, -0.2) is 21.8 Å². The van der Waals surface area contributed by atoms with Crippen LogP contribution in [0.15, 0.2) is 54.2 Å². The summed E-state index contributed by atoms with van der Waals surface area (Å²) < 4.78 is 37.6. The Morgan fingerprint density at radius 1 is 1.00 bits per heavy atom. The first-order chi connectivity index (χ1) is 12.8. The van der Waals surface area contributed by atoms with Gasteiger partial charge < -0.3 is 0 Å². The number of carbonyl (C=O) groups excluding carboxylic acids is 2. The van der Waals surface area contributed by atoms with Crippen molar-refractivity contribution in [3.8, 4) is 10.6 Å². The van der Waals surface area contributed by atoms with E-state index in [0.29, 0.717) is 5.01 Å². The number of hydrogen-bond acceptors (Lipinski definition) is 5. The van der Waals surface area contributed by atoms with Gasteiger partial charge >= 0.3 is 6.18 Å². The molecule has 0 spiro atoms. The van der Waals surface area contributed by atoms with Crippen LogP contribution in [0.5, 0.6) is 0 Å². The molecule has 1 aromatic carbocycles. The van der Waals surface area contributed by atoms with Gasteiger partial charge in [-0.1, -0.05) is 0 Å². The molecule has 6 nitrogen and oxygen atoms in total. The van der Waals surface area contributed by atoms with Crippen molar-refractivity contribution in [3.05, 3.63) is 71.0 Å². The van der Waals surface area contributed by atoms with E-state index in [-0.39, 0.29) is 11.3 Å². The summed E-state index contributed by atoms with van der Waals surface area (Å²) in [6.45, 7) is 0. The molecular weight excluding hydrogens is 381 g/mol. The van der Waals surface area contributed by atoms with E-state index in [2.05, 4.69) is 20.8 Å². The van der Waals surface area contributed by atoms with Crippen LogP contribution in [0.1, 0.15) is 26.4 Å². The Morgan fingerprint density at radius 2 is 1.70 bits per heavy atom. The summed E-state index contributed by atoms with van der Waals surface area (Å²) in [5.74, 6) is -1.40. The zero-order valence-electron chi connectivity index (χ0n) is 13.4. The van der Waals surface area contributed by atoms with E-state index in [1.54, 1.807) is 24.5 Å². The summed E-state index contributed by atoms with van der Waals surface area (Å²) in [4.78, 5) is 32.1. The van der Waals surface area contributed by atoms with Crippen molar-refractivity contribution in [2.75, 3.05) is 0 Å². The van der Waals surface area contributed by atoms with Crippen molar-refractivity contribution >= 4 is 23.2 Å². The highest BCUT2D eigenvalue weighted by atomic mass is 32.1. The second-order valence-electron chi connectivity index (χ2n) is 5.26. The summed E-state index contributed by atoms with van der Waals surface area (Å²) in [6.07, 6.45) is -1.27. The molecule has 0 saturated carbocycles. The third-order valence-corrected chi connectivity index (χ3v) is 4.30. The van der Waals surface area contributed by atoms with E-state index in [1.165, 1.54) is 16.7 Å². The molecule has 0 unspecified atom stereocenters. The molecule has 0 aliphatic heterocycles. The van der Waals surface area contributed by atoms with Crippen LogP contribution in [0.25, 0.3) is 10.6 Å². The Kier molecular flexibility index (Phi) is 5.17. The largest absolute Gasteiger partial charge is 0.416 e. The molecule has 0 aliphatic rings. The Labute approximate surface area is 155 Å². The second-order valence-corrected chi connectivity index (χ2v) is 6.12. The third-order valence-electron chi connectivity index (χ3n) is 3.41. The smallest absolute Gasteiger partial charge is 0.267 e. The number of pyridine rings is 1. The summed E-state index contributed by atoms with van der Waals surface area (Å²) in [7, 11) is 0. The van der Waals surface area contributed by atoms with Gasteiger partial charge in [-0.2, -0.15) is 13.2 Å². The maximum Gasteiger partial charge on any atom is 0.416 e. The van der Waals surface area contributed by atoms with E-state index >= 15 is 0 Å². The molecular formula is C17H11F3N4O2S. The molecule has 3 rings (SSSR count). The molecule has 0 fully saturated rings. The molecule has 27 heavy (non-hydrogen) atoms. The fourth-order valence-electron chi connectivity index (χ4n) is 2.06. The Bertz CT molecular complexity index is 956. The number of nitrogens with one attached hydrogen (secondary N) is 2. The number of rotatable bonds is 3. The number of hydrogen-bond donors (Lipinski definition) is 2. The van der Waals surface area contributed by atoms with Gasteiger partial charge in [-0.3, -0.25) is 25.4 Å². The highest BCUT2D eigenvalue weighted by molar-refractivity contribution is 7.13. The van der Waals surface area contributed by atoms with E-state index in [4.69, 9.17) is 0 Å².